The summed E-state index contributed by atoms with van der Waals surface area (Å²) in [4.78, 5) is 27.5. The van der Waals surface area contributed by atoms with Crippen molar-refractivity contribution in [2.75, 3.05) is 5.32 Å². The van der Waals surface area contributed by atoms with E-state index in [-0.39, 0.29) is 11.3 Å². The Hall–Kier alpha value is -3.99. The largest absolute Gasteiger partial charge is 0.321 e. The zero-order valence-electron chi connectivity index (χ0n) is 15.4. The van der Waals surface area contributed by atoms with Crippen molar-refractivity contribution in [3.63, 3.8) is 0 Å². The Morgan fingerprint density at radius 3 is 2.03 bits per heavy atom. The maximum absolute atomic E-state index is 13.7. The summed E-state index contributed by atoms with van der Waals surface area (Å²) in [5.41, 5.74) is 2.99. The van der Waals surface area contributed by atoms with Gasteiger partial charge in [0.25, 0.3) is 11.5 Å². The van der Waals surface area contributed by atoms with Gasteiger partial charge in [0.1, 0.15) is 11.4 Å². The van der Waals surface area contributed by atoms with Gasteiger partial charge in [0.05, 0.1) is 5.69 Å². The predicted octanol–water partition coefficient (Wildman–Crippen LogP) is 5.10. The predicted molar refractivity (Wildman–Crippen MR) is 112 cm³/mol. The zero-order chi connectivity index (χ0) is 20.2. The van der Waals surface area contributed by atoms with E-state index < -0.39 is 17.3 Å². The van der Waals surface area contributed by atoms with Gasteiger partial charge in [0, 0.05) is 5.69 Å². The van der Waals surface area contributed by atoms with Crippen molar-refractivity contribution in [1.82, 2.24) is 4.98 Å². The lowest BCUT2D eigenvalue weighted by Crippen LogP contribution is -2.23. The molecule has 3 aromatic carbocycles. The van der Waals surface area contributed by atoms with Crippen molar-refractivity contribution in [3.8, 4) is 22.4 Å². The summed E-state index contributed by atoms with van der Waals surface area (Å²) in [5, 5.41) is 2.42. The number of anilines is 1. The molecule has 4 aromatic rings. The third kappa shape index (κ3) is 3.99. The van der Waals surface area contributed by atoms with Crippen molar-refractivity contribution in [2.45, 2.75) is 0 Å². The van der Waals surface area contributed by atoms with Crippen LogP contribution in [0.1, 0.15) is 10.4 Å². The molecule has 29 heavy (non-hydrogen) atoms. The highest BCUT2D eigenvalue weighted by Crippen LogP contribution is 2.23. The second kappa shape index (κ2) is 7.94. The number of aromatic amines is 1. The molecule has 0 aliphatic rings. The average Bonchev–Trinajstić information content (AvgIpc) is 2.76. The first kappa shape index (κ1) is 18.4. The zero-order valence-corrected chi connectivity index (χ0v) is 15.4. The maximum Gasteiger partial charge on any atom is 0.261 e. The number of carbonyl (C=O) groups excluding carboxylic acids is 1. The average molecular weight is 384 g/mol. The second-order valence-electron chi connectivity index (χ2n) is 6.49. The van der Waals surface area contributed by atoms with Crippen LogP contribution in [0.3, 0.4) is 0 Å². The van der Waals surface area contributed by atoms with Gasteiger partial charge in [-0.1, -0.05) is 66.7 Å². The quantitative estimate of drug-likeness (QED) is 0.514. The van der Waals surface area contributed by atoms with Crippen LogP contribution in [0.25, 0.3) is 22.4 Å². The summed E-state index contributed by atoms with van der Waals surface area (Å²) in [5.74, 6) is -1.23. The summed E-state index contributed by atoms with van der Waals surface area (Å²) in [7, 11) is 0. The minimum Gasteiger partial charge on any atom is -0.321 e. The van der Waals surface area contributed by atoms with E-state index in [9.17, 15) is 14.0 Å². The van der Waals surface area contributed by atoms with Gasteiger partial charge in [-0.05, 0) is 41.0 Å². The number of hydrogen-bond donors (Lipinski definition) is 2. The summed E-state index contributed by atoms with van der Waals surface area (Å²) >= 11 is 0. The molecule has 0 aliphatic heterocycles. The van der Waals surface area contributed by atoms with Crippen LogP contribution < -0.4 is 10.9 Å². The topological polar surface area (TPSA) is 62.0 Å². The van der Waals surface area contributed by atoms with Crippen LogP contribution in [-0.2, 0) is 0 Å². The smallest absolute Gasteiger partial charge is 0.261 e. The highest BCUT2D eigenvalue weighted by molar-refractivity contribution is 6.04. The fraction of sp³-hybridized carbons (Fsp3) is 0. The van der Waals surface area contributed by atoms with E-state index in [2.05, 4.69) is 10.3 Å². The number of aromatic nitrogens is 1. The highest BCUT2D eigenvalue weighted by Gasteiger charge is 2.13. The molecule has 1 aromatic heterocycles. The van der Waals surface area contributed by atoms with Crippen molar-refractivity contribution in [2.24, 2.45) is 0 Å². The minimum atomic E-state index is -0.665. The summed E-state index contributed by atoms with van der Waals surface area (Å²) in [6.07, 6.45) is 0. The Morgan fingerprint density at radius 1 is 0.724 bits per heavy atom. The van der Waals surface area contributed by atoms with Gasteiger partial charge < -0.3 is 10.3 Å². The number of para-hydroxylation sites is 1. The van der Waals surface area contributed by atoms with E-state index in [1.807, 2.05) is 54.6 Å². The molecule has 0 spiro atoms. The van der Waals surface area contributed by atoms with E-state index in [1.165, 1.54) is 24.3 Å². The van der Waals surface area contributed by atoms with Crippen LogP contribution in [0.15, 0.2) is 95.8 Å². The van der Waals surface area contributed by atoms with Crippen molar-refractivity contribution < 1.29 is 9.18 Å². The van der Waals surface area contributed by atoms with Crippen LogP contribution in [0.4, 0.5) is 10.1 Å². The number of rotatable bonds is 4. The normalized spacial score (nSPS) is 10.5. The Morgan fingerprint density at radius 2 is 1.34 bits per heavy atom. The van der Waals surface area contributed by atoms with Gasteiger partial charge in [-0.3, -0.25) is 9.59 Å². The Bertz CT molecular complexity index is 1220. The first-order valence-electron chi connectivity index (χ1n) is 9.07. The van der Waals surface area contributed by atoms with Gasteiger partial charge in [-0.2, -0.15) is 0 Å². The van der Waals surface area contributed by atoms with Crippen molar-refractivity contribution in [3.05, 3.63) is 113 Å². The van der Waals surface area contributed by atoms with Gasteiger partial charge in [-0.25, -0.2) is 4.39 Å². The van der Waals surface area contributed by atoms with Crippen LogP contribution in [0, 0.1) is 5.82 Å². The third-order valence-corrected chi connectivity index (χ3v) is 4.58. The number of pyridine rings is 1. The molecule has 0 unspecified atom stereocenters. The lowest BCUT2D eigenvalue weighted by Gasteiger charge is -2.08. The molecule has 4 nitrogen and oxygen atoms in total. The molecule has 0 saturated carbocycles. The molecule has 2 N–H and O–H groups in total. The number of nitrogens with one attached hydrogen (secondary N) is 2. The van der Waals surface area contributed by atoms with Gasteiger partial charge in [-0.15, -0.1) is 0 Å². The van der Waals surface area contributed by atoms with Crippen LogP contribution >= 0.6 is 0 Å². The van der Waals surface area contributed by atoms with Gasteiger partial charge in [0.15, 0.2) is 0 Å². The Kier molecular flexibility index (Phi) is 5.03. The number of benzene rings is 3. The van der Waals surface area contributed by atoms with Crippen LogP contribution in [0.2, 0.25) is 0 Å². The van der Waals surface area contributed by atoms with Crippen LogP contribution in [-0.4, -0.2) is 10.9 Å². The maximum atomic E-state index is 13.7. The lowest BCUT2D eigenvalue weighted by molar-refractivity contribution is 0.102. The fourth-order valence-corrected chi connectivity index (χ4v) is 3.05. The Labute approximate surface area is 166 Å². The molecule has 0 fully saturated rings. The molecule has 0 atom stereocenters. The van der Waals surface area contributed by atoms with E-state index in [0.717, 1.165) is 16.7 Å². The minimum absolute atomic E-state index is 0.0254. The van der Waals surface area contributed by atoms with Crippen molar-refractivity contribution in [1.29, 1.82) is 0 Å². The molecule has 4 rings (SSSR count). The summed E-state index contributed by atoms with van der Waals surface area (Å²) in [6, 6.07) is 26.6. The molecule has 5 heteroatoms. The molecule has 0 saturated heterocycles. The highest BCUT2D eigenvalue weighted by atomic mass is 19.1. The number of H-pyrrole nitrogens is 1. The van der Waals surface area contributed by atoms with Crippen LogP contribution in [0.5, 0.6) is 0 Å². The number of amides is 1. The molecule has 142 valence electrons. The third-order valence-electron chi connectivity index (χ3n) is 4.58. The number of halogens is 1. The first-order chi connectivity index (χ1) is 14.1. The summed E-state index contributed by atoms with van der Waals surface area (Å²) < 4.78 is 13.7. The molecule has 1 heterocycles. The summed E-state index contributed by atoms with van der Waals surface area (Å²) in [6.45, 7) is 0. The molecular weight excluding hydrogens is 367 g/mol. The Balaban J connectivity index is 1.56. The lowest BCUT2D eigenvalue weighted by atomic mass is 10.0. The molecular formula is C24H17FN2O2. The van der Waals surface area contributed by atoms with E-state index in [1.54, 1.807) is 12.1 Å². The molecule has 0 radical (unpaired) electrons. The van der Waals surface area contributed by atoms with Gasteiger partial charge in [0.2, 0.25) is 0 Å². The fourth-order valence-electron chi connectivity index (χ4n) is 3.05. The van der Waals surface area contributed by atoms with E-state index >= 15 is 0 Å². The second-order valence-corrected chi connectivity index (χ2v) is 6.49. The van der Waals surface area contributed by atoms with E-state index in [4.69, 9.17) is 0 Å². The van der Waals surface area contributed by atoms with E-state index in [0.29, 0.717) is 5.69 Å². The molecule has 0 bridgehead atoms. The van der Waals surface area contributed by atoms with Gasteiger partial charge >= 0.3 is 0 Å². The standard InChI is InChI=1S/C24H17FN2O2/c25-20-8-4-5-9-22(20)27-24(29)19-14-15-21(26-23(19)28)18-12-10-17(11-13-18)16-6-2-1-3-7-16/h1-15H,(H,26,28)(H,27,29). The number of hydrogen-bond acceptors (Lipinski definition) is 2. The monoisotopic (exact) mass is 384 g/mol. The molecule has 0 aliphatic carbocycles. The molecule has 1 amide bonds. The first-order valence-corrected chi connectivity index (χ1v) is 9.07. The van der Waals surface area contributed by atoms with Crippen molar-refractivity contribution >= 4 is 11.6 Å². The number of carbonyl (C=O) groups is 1. The SMILES string of the molecule is O=C(Nc1ccccc1F)c1ccc(-c2ccc(-c3ccccc3)cc2)[nH]c1=O.